The molecule has 1 atom stereocenters. The highest BCUT2D eigenvalue weighted by molar-refractivity contribution is 5.94. The first-order chi connectivity index (χ1) is 11.7. The second-order valence-electron chi connectivity index (χ2n) is 6.29. The molecule has 3 N–H and O–H groups in total. The van der Waals surface area contributed by atoms with Gasteiger partial charge in [0.25, 0.3) is 5.91 Å². The van der Waals surface area contributed by atoms with Crippen molar-refractivity contribution in [3.63, 3.8) is 0 Å². The van der Waals surface area contributed by atoms with E-state index in [0.29, 0.717) is 17.3 Å². The average Bonchev–Trinajstić information content (AvgIpc) is 2.88. The number of likely N-dealkylation sites (tertiary alicyclic amines) is 1. The summed E-state index contributed by atoms with van der Waals surface area (Å²) in [6.45, 7) is 1.56. The highest BCUT2D eigenvalue weighted by Gasteiger charge is 2.24. The molecule has 5 heteroatoms. The number of nitrogen functional groups attached to an aromatic ring is 1. The van der Waals surface area contributed by atoms with Crippen LogP contribution in [0, 0.1) is 0 Å². The Morgan fingerprint density at radius 1 is 1.25 bits per heavy atom. The van der Waals surface area contributed by atoms with Gasteiger partial charge in [0.05, 0.1) is 0 Å². The molecule has 1 aromatic carbocycles. The zero-order chi connectivity index (χ0) is 16.9. The van der Waals surface area contributed by atoms with Gasteiger partial charge in [-0.1, -0.05) is 18.6 Å². The van der Waals surface area contributed by atoms with E-state index in [2.05, 4.69) is 22.4 Å². The maximum absolute atomic E-state index is 12.9. The first kappa shape index (κ1) is 16.3. The van der Waals surface area contributed by atoms with Crippen molar-refractivity contribution in [3.8, 4) is 0 Å². The Balaban J connectivity index is 1.79. The van der Waals surface area contributed by atoms with E-state index in [0.717, 1.165) is 38.0 Å². The number of pyridine rings is 1. The summed E-state index contributed by atoms with van der Waals surface area (Å²) in [5.74, 6) is 1.16. The van der Waals surface area contributed by atoms with Crippen molar-refractivity contribution in [2.75, 3.05) is 31.2 Å². The molecule has 1 aromatic heterocycles. The number of nitrogens with one attached hydrogen (secondary N) is 1. The van der Waals surface area contributed by atoms with Crippen LogP contribution in [0.15, 0.2) is 42.6 Å². The number of hydrogen-bond donors (Lipinski definition) is 2. The van der Waals surface area contributed by atoms with Gasteiger partial charge >= 0.3 is 0 Å². The van der Waals surface area contributed by atoms with Crippen molar-refractivity contribution in [2.24, 2.45) is 0 Å². The van der Waals surface area contributed by atoms with Crippen LogP contribution < -0.4 is 11.1 Å². The van der Waals surface area contributed by atoms with Gasteiger partial charge in [0.15, 0.2) is 0 Å². The summed E-state index contributed by atoms with van der Waals surface area (Å²) in [6.07, 6.45) is 4.96. The molecule has 0 saturated carbocycles. The predicted octanol–water partition coefficient (Wildman–Crippen LogP) is 3.12. The minimum absolute atomic E-state index is 0.0799. The lowest BCUT2D eigenvalue weighted by Crippen LogP contribution is -2.34. The van der Waals surface area contributed by atoms with Gasteiger partial charge in [0, 0.05) is 43.5 Å². The Labute approximate surface area is 142 Å². The van der Waals surface area contributed by atoms with E-state index in [1.54, 1.807) is 19.3 Å². The Hall–Kier alpha value is -2.56. The van der Waals surface area contributed by atoms with E-state index < -0.39 is 0 Å². The van der Waals surface area contributed by atoms with Crippen LogP contribution in [0.2, 0.25) is 0 Å². The van der Waals surface area contributed by atoms with Gasteiger partial charge in [-0.2, -0.15) is 0 Å². The molecule has 1 aliphatic heterocycles. The maximum Gasteiger partial charge on any atom is 0.254 e. The summed E-state index contributed by atoms with van der Waals surface area (Å²) in [7, 11) is 1.81. The van der Waals surface area contributed by atoms with E-state index in [1.807, 2.05) is 23.1 Å². The van der Waals surface area contributed by atoms with Crippen molar-refractivity contribution in [1.29, 1.82) is 0 Å². The van der Waals surface area contributed by atoms with Gasteiger partial charge < -0.3 is 16.0 Å². The molecular weight excluding hydrogens is 300 g/mol. The highest BCUT2D eigenvalue weighted by atomic mass is 16.2. The molecule has 3 rings (SSSR count). The number of aromatic nitrogens is 1. The Bertz CT molecular complexity index is 699. The van der Waals surface area contributed by atoms with Gasteiger partial charge in [0.2, 0.25) is 0 Å². The van der Waals surface area contributed by atoms with Crippen LogP contribution in [-0.4, -0.2) is 35.9 Å². The van der Waals surface area contributed by atoms with Crippen molar-refractivity contribution < 1.29 is 4.79 Å². The van der Waals surface area contributed by atoms with Gasteiger partial charge in [-0.3, -0.25) is 4.79 Å². The molecule has 5 nitrogen and oxygen atoms in total. The number of nitrogens with zero attached hydrogens (tertiary/aromatic N) is 2. The fourth-order valence-electron chi connectivity index (χ4n) is 3.25. The van der Waals surface area contributed by atoms with Crippen molar-refractivity contribution in [1.82, 2.24) is 9.88 Å². The predicted molar refractivity (Wildman–Crippen MR) is 97.1 cm³/mol. The summed E-state index contributed by atoms with van der Waals surface area (Å²) in [6, 6.07) is 11.6. The van der Waals surface area contributed by atoms with Crippen LogP contribution in [-0.2, 0) is 0 Å². The number of carbonyl (C=O) groups is 1. The third kappa shape index (κ3) is 3.67. The molecular formula is C19H24N4O. The van der Waals surface area contributed by atoms with Gasteiger partial charge in [-0.05, 0) is 42.7 Å². The summed E-state index contributed by atoms with van der Waals surface area (Å²) < 4.78 is 0. The minimum Gasteiger partial charge on any atom is -0.399 e. The second kappa shape index (κ2) is 7.34. The van der Waals surface area contributed by atoms with Crippen molar-refractivity contribution in [2.45, 2.75) is 25.2 Å². The fraction of sp³-hybridized carbons (Fsp3) is 0.368. The molecule has 0 aliphatic carbocycles. The Morgan fingerprint density at radius 2 is 2.04 bits per heavy atom. The van der Waals surface area contributed by atoms with Gasteiger partial charge in [0.1, 0.15) is 5.82 Å². The van der Waals surface area contributed by atoms with E-state index in [-0.39, 0.29) is 5.91 Å². The fourth-order valence-corrected chi connectivity index (χ4v) is 3.25. The quantitative estimate of drug-likeness (QED) is 0.851. The van der Waals surface area contributed by atoms with E-state index >= 15 is 0 Å². The number of nitrogens with two attached hydrogens (primary N) is 1. The molecule has 1 amide bonds. The number of carbonyl (C=O) groups excluding carboxylic acids is 1. The van der Waals surface area contributed by atoms with E-state index in [9.17, 15) is 4.79 Å². The zero-order valence-corrected chi connectivity index (χ0v) is 14.0. The molecule has 0 radical (unpaired) electrons. The Kier molecular flexibility index (Phi) is 4.99. The van der Waals surface area contributed by atoms with Crippen LogP contribution in [0.4, 0.5) is 11.5 Å². The molecule has 24 heavy (non-hydrogen) atoms. The smallest absolute Gasteiger partial charge is 0.254 e. The second-order valence-corrected chi connectivity index (χ2v) is 6.29. The van der Waals surface area contributed by atoms with Crippen LogP contribution in [0.5, 0.6) is 0 Å². The molecule has 0 spiro atoms. The number of hydrogen-bond acceptors (Lipinski definition) is 4. The molecule has 1 aliphatic rings. The summed E-state index contributed by atoms with van der Waals surface area (Å²) >= 11 is 0. The van der Waals surface area contributed by atoms with Crippen LogP contribution in [0.25, 0.3) is 0 Å². The molecule has 1 fully saturated rings. The standard InChI is InChI=1S/C19H24N4O/c1-21-18-12-15(9-10-22-18)19(24)23-11-3-2-4-16(13-23)14-5-7-17(20)8-6-14/h5-10,12,16H,2-4,11,13,20H2,1H3,(H,21,22). The van der Waals surface area contributed by atoms with Gasteiger partial charge in [-0.15, -0.1) is 0 Å². The lowest BCUT2D eigenvalue weighted by molar-refractivity contribution is 0.0754. The first-order valence-electron chi connectivity index (χ1n) is 8.46. The minimum atomic E-state index is 0.0799. The third-order valence-corrected chi connectivity index (χ3v) is 4.63. The lowest BCUT2D eigenvalue weighted by Gasteiger charge is -2.25. The van der Waals surface area contributed by atoms with E-state index in [1.165, 1.54) is 5.56 Å². The summed E-state index contributed by atoms with van der Waals surface area (Å²) in [5.41, 5.74) is 8.51. The first-order valence-corrected chi connectivity index (χ1v) is 8.46. The summed E-state index contributed by atoms with van der Waals surface area (Å²) in [5, 5.41) is 2.98. The SMILES string of the molecule is CNc1cc(C(=O)N2CCCCC(c3ccc(N)cc3)C2)ccn1. The van der Waals surface area contributed by atoms with Crippen molar-refractivity contribution in [3.05, 3.63) is 53.7 Å². The van der Waals surface area contributed by atoms with Crippen LogP contribution in [0.3, 0.4) is 0 Å². The number of amides is 1. The number of rotatable bonds is 3. The average molecular weight is 324 g/mol. The van der Waals surface area contributed by atoms with Crippen LogP contribution in [0.1, 0.15) is 41.1 Å². The highest BCUT2D eigenvalue weighted by Crippen LogP contribution is 2.28. The Morgan fingerprint density at radius 3 is 2.79 bits per heavy atom. The molecule has 2 heterocycles. The van der Waals surface area contributed by atoms with Gasteiger partial charge in [-0.25, -0.2) is 4.98 Å². The normalized spacial score (nSPS) is 18.0. The number of benzene rings is 1. The molecule has 1 saturated heterocycles. The van der Waals surface area contributed by atoms with Crippen LogP contribution >= 0.6 is 0 Å². The zero-order valence-electron chi connectivity index (χ0n) is 14.0. The molecule has 126 valence electrons. The number of anilines is 2. The monoisotopic (exact) mass is 324 g/mol. The molecule has 2 aromatic rings. The van der Waals surface area contributed by atoms with Crippen molar-refractivity contribution >= 4 is 17.4 Å². The van der Waals surface area contributed by atoms with E-state index in [4.69, 9.17) is 5.73 Å². The third-order valence-electron chi connectivity index (χ3n) is 4.63. The maximum atomic E-state index is 12.9. The molecule has 1 unspecified atom stereocenters. The molecule has 0 bridgehead atoms. The lowest BCUT2D eigenvalue weighted by atomic mass is 9.94. The topological polar surface area (TPSA) is 71.2 Å². The largest absolute Gasteiger partial charge is 0.399 e. The summed E-state index contributed by atoms with van der Waals surface area (Å²) in [4.78, 5) is 19.1.